The van der Waals surface area contributed by atoms with Crippen LogP contribution in [-0.4, -0.2) is 30.1 Å². The first-order valence-corrected chi connectivity index (χ1v) is 7.05. The molecular formula is C14H30N2. The van der Waals surface area contributed by atoms with Gasteiger partial charge in [0.1, 0.15) is 0 Å². The maximum absolute atomic E-state index is 6.11. The first kappa shape index (κ1) is 14.0. The summed E-state index contributed by atoms with van der Waals surface area (Å²) in [6.07, 6.45) is 5.28. The maximum Gasteiger partial charge on any atom is 0.0357 e. The predicted molar refractivity (Wildman–Crippen MR) is 71.5 cm³/mol. The molecule has 1 fully saturated rings. The second-order valence-corrected chi connectivity index (χ2v) is 5.65. The lowest BCUT2D eigenvalue weighted by Gasteiger charge is -2.44. The summed E-state index contributed by atoms with van der Waals surface area (Å²) in [5.74, 6) is 1.55. The molecule has 0 aliphatic heterocycles. The molecule has 0 aromatic heterocycles. The monoisotopic (exact) mass is 226 g/mol. The van der Waals surface area contributed by atoms with Gasteiger partial charge < -0.3 is 5.73 Å². The van der Waals surface area contributed by atoms with Crippen molar-refractivity contribution < 1.29 is 0 Å². The van der Waals surface area contributed by atoms with Gasteiger partial charge in [-0.1, -0.05) is 40.5 Å². The molecule has 0 heterocycles. The molecule has 0 bridgehead atoms. The van der Waals surface area contributed by atoms with E-state index in [1.54, 1.807) is 0 Å². The first-order chi connectivity index (χ1) is 7.60. The summed E-state index contributed by atoms with van der Waals surface area (Å²) in [5.41, 5.74) is 6.41. The van der Waals surface area contributed by atoms with E-state index < -0.39 is 0 Å². The third-order valence-corrected chi connectivity index (χ3v) is 4.76. The lowest BCUT2D eigenvalue weighted by molar-refractivity contribution is 0.0550. The highest BCUT2D eigenvalue weighted by Crippen LogP contribution is 2.39. The number of rotatable bonds is 6. The van der Waals surface area contributed by atoms with Gasteiger partial charge in [-0.3, -0.25) is 4.90 Å². The van der Waals surface area contributed by atoms with Crippen LogP contribution in [0.3, 0.4) is 0 Å². The predicted octanol–water partition coefficient (Wildman–Crippen LogP) is 2.87. The highest BCUT2D eigenvalue weighted by Gasteiger charge is 2.43. The van der Waals surface area contributed by atoms with Gasteiger partial charge in [0.25, 0.3) is 0 Å². The molecule has 16 heavy (non-hydrogen) atoms. The summed E-state index contributed by atoms with van der Waals surface area (Å²) in [5, 5.41) is 0. The average molecular weight is 226 g/mol. The van der Waals surface area contributed by atoms with Crippen LogP contribution < -0.4 is 5.73 Å². The molecule has 0 amide bonds. The normalized spacial score (nSPS) is 32.2. The molecule has 1 rings (SSSR count). The number of hydrogen-bond donors (Lipinski definition) is 1. The summed E-state index contributed by atoms with van der Waals surface area (Å²) < 4.78 is 0. The molecule has 2 heteroatoms. The van der Waals surface area contributed by atoms with Crippen LogP contribution in [0.2, 0.25) is 0 Å². The fraction of sp³-hybridized carbons (Fsp3) is 1.00. The van der Waals surface area contributed by atoms with Crippen LogP contribution in [0.15, 0.2) is 0 Å². The first-order valence-electron chi connectivity index (χ1n) is 7.05. The Balaban J connectivity index is 2.75. The fourth-order valence-corrected chi connectivity index (χ4v) is 3.26. The zero-order valence-electron chi connectivity index (χ0n) is 11.6. The van der Waals surface area contributed by atoms with Gasteiger partial charge in [-0.05, 0) is 31.2 Å². The second-order valence-electron chi connectivity index (χ2n) is 5.65. The highest BCUT2D eigenvalue weighted by atomic mass is 15.2. The van der Waals surface area contributed by atoms with Crippen molar-refractivity contribution in [2.24, 2.45) is 17.6 Å². The smallest absolute Gasteiger partial charge is 0.0357 e. The molecule has 0 radical (unpaired) electrons. The van der Waals surface area contributed by atoms with Gasteiger partial charge in [0, 0.05) is 18.6 Å². The largest absolute Gasteiger partial charge is 0.329 e. The van der Waals surface area contributed by atoms with Crippen molar-refractivity contribution in [2.75, 3.05) is 19.6 Å². The van der Waals surface area contributed by atoms with E-state index >= 15 is 0 Å². The minimum absolute atomic E-state index is 0.304. The van der Waals surface area contributed by atoms with Gasteiger partial charge in [-0.25, -0.2) is 0 Å². The van der Waals surface area contributed by atoms with Crippen molar-refractivity contribution in [3.05, 3.63) is 0 Å². The van der Waals surface area contributed by atoms with E-state index in [2.05, 4.69) is 32.6 Å². The third kappa shape index (κ3) is 2.60. The Morgan fingerprint density at radius 3 is 2.50 bits per heavy atom. The lowest BCUT2D eigenvalue weighted by Crippen LogP contribution is -2.56. The highest BCUT2D eigenvalue weighted by molar-refractivity contribution is 5.00. The Labute approximate surface area is 102 Å². The topological polar surface area (TPSA) is 29.3 Å². The van der Waals surface area contributed by atoms with Crippen LogP contribution in [0.1, 0.15) is 53.4 Å². The van der Waals surface area contributed by atoms with Gasteiger partial charge in [0.2, 0.25) is 0 Å². The Bertz CT molecular complexity index is 205. The van der Waals surface area contributed by atoms with E-state index in [9.17, 15) is 0 Å². The van der Waals surface area contributed by atoms with Crippen LogP contribution in [0.4, 0.5) is 0 Å². The molecule has 2 nitrogen and oxygen atoms in total. The molecule has 0 aromatic rings. The van der Waals surface area contributed by atoms with Crippen molar-refractivity contribution in [3.63, 3.8) is 0 Å². The molecule has 0 aromatic carbocycles. The molecule has 1 aliphatic carbocycles. The van der Waals surface area contributed by atoms with Crippen molar-refractivity contribution in [1.82, 2.24) is 4.90 Å². The molecule has 3 atom stereocenters. The quantitative estimate of drug-likeness (QED) is 0.754. The minimum atomic E-state index is 0.304. The third-order valence-electron chi connectivity index (χ3n) is 4.76. The summed E-state index contributed by atoms with van der Waals surface area (Å²) in [6.45, 7) is 12.5. The molecular weight excluding hydrogens is 196 g/mol. The Morgan fingerprint density at radius 2 is 2.12 bits per heavy atom. The van der Waals surface area contributed by atoms with E-state index in [-0.39, 0.29) is 0 Å². The number of nitrogens with two attached hydrogens (primary N) is 1. The van der Waals surface area contributed by atoms with Crippen molar-refractivity contribution in [2.45, 2.75) is 58.9 Å². The van der Waals surface area contributed by atoms with E-state index in [1.807, 2.05) is 0 Å². The second kappa shape index (κ2) is 6.02. The van der Waals surface area contributed by atoms with Crippen LogP contribution in [0.5, 0.6) is 0 Å². The van der Waals surface area contributed by atoms with Crippen LogP contribution in [-0.2, 0) is 0 Å². The van der Waals surface area contributed by atoms with Gasteiger partial charge in [-0.2, -0.15) is 0 Å². The van der Waals surface area contributed by atoms with E-state index in [4.69, 9.17) is 5.73 Å². The van der Waals surface area contributed by atoms with Gasteiger partial charge in [0.05, 0.1) is 0 Å². The standard InChI is InChI=1S/C14H30N2/c1-5-12(3)10-16(6-2)14(11-15)9-7-8-13(14)4/h12-13H,5-11,15H2,1-4H3. The molecule has 0 saturated heterocycles. The number of likely N-dealkylation sites (N-methyl/N-ethyl adjacent to an activating group) is 1. The minimum Gasteiger partial charge on any atom is -0.329 e. The lowest BCUT2D eigenvalue weighted by atomic mass is 9.85. The van der Waals surface area contributed by atoms with Gasteiger partial charge in [0.15, 0.2) is 0 Å². The zero-order valence-corrected chi connectivity index (χ0v) is 11.6. The van der Waals surface area contributed by atoms with Crippen molar-refractivity contribution >= 4 is 0 Å². The zero-order chi connectivity index (χ0) is 12.2. The van der Waals surface area contributed by atoms with Crippen LogP contribution in [0, 0.1) is 11.8 Å². The summed E-state index contributed by atoms with van der Waals surface area (Å²) in [4.78, 5) is 2.67. The SMILES string of the molecule is CCC(C)CN(CC)C1(CN)CCCC1C. The molecule has 1 saturated carbocycles. The van der Waals surface area contributed by atoms with Crippen molar-refractivity contribution in [1.29, 1.82) is 0 Å². The van der Waals surface area contributed by atoms with E-state index in [0.717, 1.165) is 24.9 Å². The Morgan fingerprint density at radius 1 is 1.44 bits per heavy atom. The Hall–Kier alpha value is -0.0800. The van der Waals surface area contributed by atoms with Crippen LogP contribution >= 0.6 is 0 Å². The molecule has 0 spiro atoms. The van der Waals surface area contributed by atoms with Crippen molar-refractivity contribution in [3.8, 4) is 0 Å². The fourth-order valence-electron chi connectivity index (χ4n) is 3.26. The summed E-state index contributed by atoms with van der Waals surface area (Å²) in [7, 11) is 0. The summed E-state index contributed by atoms with van der Waals surface area (Å²) in [6, 6.07) is 0. The average Bonchev–Trinajstić information content (AvgIpc) is 2.68. The maximum atomic E-state index is 6.11. The number of hydrogen-bond acceptors (Lipinski definition) is 2. The van der Waals surface area contributed by atoms with Gasteiger partial charge >= 0.3 is 0 Å². The Kier molecular flexibility index (Phi) is 5.26. The van der Waals surface area contributed by atoms with E-state index in [0.29, 0.717) is 5.54 Å². The molecule has 96 valence electrons. The van der Waals surface area contributed by atoms with E-state index in [1.165, 1.54) is 32.2 Å². The van der Waals surface area contributed by atoms with Crippen LogP contribution in [0.25, 0.3) is 0 Å². The van der Waals surface area contributed by atoms with Gasteiger partial charge in [-0.15, -0.1) is 0 Å². The molecule has 1 aliphatic rings. The summed E-state index contributed by atoms with van der Waals surface area (Å²) >= 11 is 0. The molecule has 2 N–H and O–H groups in total. The number of nitrogens with zero attached hydrogens (tertiary/aromatic N) is 1. The molecule has 3 unspecified atom stereocenters.